The van der Waals surface area contributed by atoms with Crippen LogP contribution in [0.1, 0.15) is 20.3 Å². The van der Waals surface area contributed by atoms with Gasteiger partial charge in [-0.25, -0.2) is 0 Å². The Kier molecular flexibility index (Phi) is 4.77. The van der Waals surface area contributed by atoms with Crippen molar-refractivity contribution in [2.24, 2.45) is 11.8 Å². The maximum absolute atomic E-state index is 6.16. The van der Waals surface area contributed by atoms with Gasteiger partial charge in [0.1, 0.15) is 6.10 Å². The maximum atomic E-state index is 6.16. The molecule has 1 unspecified atom stereocenters. The van der Waals surface area contributed by atoms with Crippen LogP contribution in [0.4, 0.5) is 0 Å². The average Bonchev–Trinajstić information content (AvgIpc) is 2.81. The smallest absolute Gasteiger partial charge is 0.156 e. The Morgan fingerprint density at radius 1 is 1.28 bits per heavy atom. The van der Waals surface area contributed by atoms with Gasteiger partial charge in [0.15, 0.2) is 5.75 Å². The number of nitrogens with one attached hydrogen (secondary N) is 1. The summed E-state index contributed by atoms with van der Waals surface area (Å²) in [5.74, 6) is 1.58. The summed E-state index contributed by atoms with van der Waals surface area (Å²) in [6.07, 6.45) is 1.29. The van der Waals surface area contributed by atoms with Gasteiger partial charge in [-0.3, -0.25) is 0 Å². The van der Waals surface area contributed by atoms with Crippen molar-refractivity contribution in [3.63, 3.8) is 0 Å². The van der Waals surface area contributed by atoms with Crippen LogP contribution in [0.2, 0.25) is 10.0 Å². The monoisotopic (exact) mass is 287 g/mol. The summed E-state index contributed by atoms with van der Waals surface area (Å²) in [7, 11) is 0. The standard InChI is InChI=1S/C14H19Cl2NO/c1-9(2)13(10-6-7-17-8-10)18-14-11(15)4-3-5-12(14)16/h3-5,9-10,13,17H,6-8H2,1-2H3/t10?,13-/m0/s1. The molecule has 0 spiro atoms. The van der Waals surface area contributed by atoms with Gasteiger partial charge in [0, 0.05) is 12.5 Å². The van der Waals surface area contributed by atoms with E-state index in [0.717, 1.165) is 19.5 Å². The Morgan fingerprint density at radius 3 is 2.44 bits per heavy atom. The summed E-state index contributed by atoms with van der Waals surface area (Å²) >= 11 is 12.3. The second kappa shape index (κ2) is 6.14. The lowest BCUT2D eigenvalue weighted by Gasteiger charge is -2.28. The molecule has 1 aliphatic rings. The molecule has 100 valence electrons. The fourth-order valence-corrected chi connectivity index (χ4v) is 2.95. The van der Waals surface area contributed by atoms with Crippen molar-refractivity contribution < 1.29 is 4.74 Å². The summed E-state index contributed by atoms with van der Waals surface area (Å²) in [4.78, 5) is 0. The first-order chi connectivity index (χ1) is 8.59. The zero-order valence-electron chi connectivity index (χ0n) is 10.7. The zero-order chi connectivity index (χ0) is 13.1. The van der Waals surface area contributed by atoms with Crippen LogP contribution < -0.4 is 10.1 Å². The van der Waals surface area contributed by atoms with E-state index in [9.17, 15) is 0 Å². The molecule has 18 heavy (non-hydrogen) atoms. The number of para-hydroxylation sites is 1. The average molecular weight is 288 g/mol. The topological polar surface area (TPSA) is 21.3 Å². The SMILES string of the molecule is CC(C)[C@H](Oc1c(Cl)cccc1Cl)C1CCNC1. The molecule has 0 bridgehead atoms. The van der Waals surface area contributed by atoms with Gasteiger partial charge in [-0.1, -0.05) is 43.1 Å². The lowest BCUT2D eigenvalue weighted by atomic mass is 9.92. The van der Waals surface area contributed by atoms with Gasteiger partial charge in [0.25, 0.3) is 0 Å². The van der Waals surface area contributed by atoms with Gasteiger partial charge < -0.3 is 10.1 Å². The number of halogens is 2. The molecule has 1 N–H and O–H groups in total. The molecule has 1 aromatic carbocycles. The summed E-state index contributed by atoms with van der Waals surface area (Å²) in [5, 5.41) is 4.54. The van der Waals surface area contributed by atoms with Crippen LogP contribution in [0.3, 0.4) is 0 Å². The predicted octanol–water partition coefficient (Wildman–Crippen LogP) is 4.01. The van der Waals surface area contributed by atoms with E-state index in [1.54, 1.807) is 0 Å². The van der Waals surface area contributed by atoms with Crippen LogP contribution in [0.25, 0.3) is 0 Å². The van der Waals surface area contributed by atoms with Gasteiger partial charge in [-0.15, -0.1) is 0 Å². The zero-order valence-corrected chi connectivity index (χ0v) is 12.3. The number of hydrogen-bond acceptors (Lipinski definition) is 2. The lowest BCUT2D eigenvalue weighted by molar-refractivity contribution is 0.0975. The van der Waals surface area contributed by atoms with E-state index in [-0.39, 0.29) is 6.10 Å². The van der Waals surface area contributed by atoms with Crippen LogP contribution in [0.5, 0.6) is 5.75 Å². The first-order valence-corrected chi connectivity index (χ1v) is 7.16. The minimum atomic E-state index is 0.150. The third-order valence-corrected chi connectivity index (χ3v) is 3.99. The first kappa shape index (κ1) is 14.0. The van der Waals surface area contributed by atoms with Gasteiger partial charge >= 0.3 is 0 Å². The fourth-order valence-electron chi connectivity index (χ4n) is 2.47. The minimum Gasteiger partial charge on any atom is -0.487 e. The maximum Gasteiger partial charge on any atom is 0.156 e. The quantitative estimate of drug-likeness (QED) is 0.904. The van der Waals surface area contributed by atoms with E-state index in [4.69, 9.17) is 27.9 Å². The number of hydrogen-bond donors (Lipinski definition) is 1. The molecule has 1 aliphatic heterocycles. The van der Waals surface area contributed by atoms with Crippen molar-refractivity contribution in [2.45, 2.75) is 26.4 Å². The van der Waals surface area contributed by atoms with Crippen molar-refractivity contribution in [1.82, 2.24) is 5.32 Å². The number of ether oxygens (including phenoxy) is 1. The van der Waals surface area contributed by atoms with Crippen molar-refractivity contribution in [2.75, 3.05) is 13.1 Å². The highest BCUT2D eigenvalue weighted by atomic mass is 35.5. The summed E-state index contributed by atoms with van der Waals surface area (Å²) in [6, 6.07) is 5.46. The predicted molar refractivity (Wildman–Crippen MR) is 76.7 cm³/mol. The number of benzene rings is 1. The lowest BCUT2D eigenvalue weighted by Crippen LogP contribution is -2.33. The highest BCUT2D eigenvalue weighted by Gasteiger charge is 2.30. The molecule has 0 aromatic heterocycles. The molecule has 0 saturated carbocycles. The van der Waals surface area contributed by atoms with Gasteiger partial charge in [0.2, 0.25) is 0 Å². The summed E-state index contributed by atoms with van der Waals surface area (Å²) in [6.45, 7) is 6.42. The highest BCUT2D eigenvalue weighted by molar-refractivity contribution is 6.37. The van der Waals surface area contributed by atoms with Gasteiger partial charge in [-0.2, -0.15) is 0 Å². The van der Waals surface area contributed by atoms with Crippen LogP contribution in [-0.4, -0.2) is 19.2 Å². The first-order valence-electron chi connectivity index (χ1n) is 6.41. The summed E-state index contributed by atoms with van der Waals surface area (Å²) in [5.41, 5.74) is 0. The molecule has 2 rings (SSSR count). The molecule has 1 fully saturated rings. The third-order valence-electron chi connectivity index (χ3n) is 3.39. The molecule has 1 heterocycles. The van der Waals surface area contributed by atoms with Crippen LogP contribution in [0, 0.1) is 11.8 Å². The van der Waals surface area contributed by atoms with Crippen molar-refractivity contribution in [3.05, 3.63) is 28.2 Å². The molecule has 1 aromatic rings. The Labute approximate surface area is 119 Å². The van der Waals surface area contributed by atoms with Gasteiger partial charge in [-0.05, 0) is 31.0 Å². The second-order valence-corrected chi connectivity index (χ2v) is 5.94. The minimum absolute atomic E-state index is 0.150. The molecular weight excluding hydrogens is 269 g/mol. The second-order valence-electron chi connectivity index (χ2n) is 5.13. The Bertz CT molecular complexity index is 383. The van der Waals surface area contributed by atoms with Crippen molar-refractivity contribution in [1.29, 1.82) is 0 Å². The van der Waals surface area contributed by atoms with E-state index in [1.165, 1.54) is 0 Å². The number of rotatable bonds is 4. The largest absolute Gasteiger partial charge is 0.487 e. The molecule has 0 aliphatic carbocycles. The van der Waals surface area contributed by atoms with Crippen LogP contribution in [-0.2, 0) is 0 Å². The normalized spacial score (nSPS) is 21.3. The van der Waals surface area contributed by atoms with E-state index < -0.39 is 0 Å². The molecule has 2 nitrogen and oxygen atoms in total. The van der Waals surface area contributed by atoms with E-state index in [2.05, 4.69) is 19.2 Å². The Morgan fingerprint density at radius 2 is 1.94 bits per heavy atom. The van der Waals surface area contributed by atoms with E-state index in [1.807, 2.05) is 18.2 Å². The Hall–Kier alpha value is -0.440. The Balaban J connectivity index is 2.18. The van der Waals surface area contributed by atoms with Gasteiger partial charge in [0.05, 0.1) is 10.0 Å². The fraction of sp³-hybridized carbons (Fsp3) is 0.571. The van der Waals surface area contributed by atoms with Crippen molar-refractivity contribution in [3.8, 4) is 5.75 Å². The molecule has 0 amide bonds. The molecule has 0 radical (unpaired) electrons. The van der Waals surface area contributed by atoms with Crippen LogP contribution in [0.15, 0.2) is 18.2 Å². The van der Waals surface area contributed by atoms with Crippen molar-refractivity contribution >= 4 is 23.2 Å². The molecular formula is C14H19Cl2NO. The third kappa shape index (κ3) is 3.11. The summed E-state index contributed by atoms with van der Waals surface area (Å²) < 4.78 is 6.12. The van der Waals surface area contributed by atoms with E-state index in [0.29, 0.717) is 27.6 Å². The molecule has 4 heteroatoms. The molecule has 2 atom stereocenters. The molecule has 1 saturated heterocycles. The van der Waals surface area contributed by atoms with E-state index >= 15 is 0 Å². The highest BCUT2D eigenvalue weighted by Crippen LogP contribution is 2.35. The van der Waals surface area contributed by atoms with Crippen LogP contribution >= 0.6 is 23.2 Å².